The summed E-state index contributed by atoms with van der Waals surface area (Å²) in [6.07, 6.45) is 2.19. The van der Waals surface area contributed by atoms with E-state index < -0.39 is 11.9 Å². The molecule has 2 aromatic rings. The van der Waals surface area contributed by atoms with Crippen molar-refractivity contribution in [2.75, 3.05) is 26.3 Å². The zero-order chi connectivity index (χ0) is 23.1. The molecule has 9 heteroatoms. The number of nitrogens with two attached hydrogens (primary N) is 1. The zero-order valence-corrected chi connectivity index (χ0v) is 17.8. The van der Waals surface area contributed by atoms with Gasteiger partial charge in [-0.3, -0.25) is 15.6 Å². The summed E-state index contributed by atoms with van der Waals surface area (Å²) in [5.74, 6) is -0.314. The summed E-state index contributed by atoms with van der Waals surface area (Å²) in [4.78, 5) is 25.6. The van der Waals surface area contributed by atoms with Gasteiger partial charge in [-0.2, -0.15) is 0 Å². The van der Waals surface area contributed by atoms with E-state index in [1.165, 1.54) is 19.1 Å². The lowest BCUT2D eigenvalue weighted by molar-refractivity contribution is -0.132. The molecule has 4 N–H and O–H groups in total. The Balaban J connectivity index is 1.53. The first-order valence-corrected chi connectivity index (χ1v) is 10.3. The van der Waals surface area contributed by atoms with Crippen molar-refractivity contribution in [2.45, 2.75) is 19.8 Å². The van der Waals surface area contributed by atoms with Gasteiger partial charge in [0, 0.05) is 31.1 Å². The molecule has 0 aromatic heterocycles. The van der Waals surface area contributed by atoms with Crippen LogP contribution in [0.25, 0.3) is 0 Å². The van der Waals surface area contributed by atoms with Crippen molar-refractivity contribution < 1.29 is 23.8 Å². The molecular formula is C23H26N4O5. The molecule has 3 rings (SSSR count). The second-order valence-electron chi connectivity index (χ2n) is 7.27. The molecule has 0 saturated carbocycles. The number of amidine groups is 2. The third-order valence-electron chi connectivity index (χ3n) is 4.90. The number of esters is 2. The van der Waals surface area contributed by atoms with Crippen LogP contribution < -0.4 is 15.2 Å². The predicted octanol–water partition coefficient (Wildman–Crippen LogP) is 2.55. The van der Waals surface area contributed by atoms with Gasteiger partial charge in [0.05, 0.1) is 5.56 Å². The summed E-state index contributed by atoms with van der Waals surface area (Å²) in [5, 5.41) is 15.8. The maximum atomic E-state index is 12.3. The van der Waals surface area contributed by atoms with Crippen molar-refractivity contribution in [2.24, 2.45) is 5.73 Å². The van der Waals surface area contributed by atoms with Gasteiger partial charge in [-0.05, 0) is 43.2 Å². The largest absolute Gasteiger partial charge is 0.486 e. The Morgan fingerprint density at radius 1 is 0.938 bits per heavy atom. The van der Waals surface area contributed by atoms with Gasteiger partial charge in [0.15, 0.2) is 11.5 Å². The van der Waals surface area contributed by atoms with Gasteiger partial charge in [-0.25, -0.2) is 4.79 Å². The van der Waals surface area contributed by atoms with Crippen LogP contribution in [0.2, 0.25) is 0 Å². The van der Waals surface area contributed by atoms with E-state index in [9.17, 15) is 9.59 Å². The second-order valence-corrected chi connectivity index (χ2v) is 7.27. The molecule has 32 heavy (non-hydrogen) atoms. The summed E-state index contributed by atoms with van der Waals surface area (Å²) in [7, 11) is 0. The van der Waals surface area contributed by atoms with Gasteiger partial charge in [0.25, 0.3) is 0 Å². The molecule has 1 heterocycles. The van der Waals surface area contributed by atoms with E-state index in [0.717, 1.165) is 31.5 Å². The van der Waals surface area contributed by atoms with Crippen molar-refractivity contribution in [1.29, 1.82) is 10.8 Å². The summed E-state index contributed by atoms with van der Waals surface area (Å²) < 4.78 is 15.9. The molecule has 0 aliphatic carbocycles. The highest BCUT2D eigenvalue weighted by Gasteiger charge is 2.17. The number of benzene rings is 2. The summed E-state index contributed by atoms with van der Waals surface area (Å²) in [5.41, 5.74) is 7.04. The molecule has 1 aliphatic rings. The number of rotatable bonds is 8. The summed E-state index contributed by atoms with van der Waals surface area (Å²) in [6.45, 7) is 3.02. The molecular weight excluding hydrogens is 412 g/mol. The number of hydrogen-bond acceptors (Lipinski definition) is 7. The highest BCUT2D eigenvalue weighted by atomic mass is 16.6. The monoisotopic (exact) mass is 438 g/mol. The Morgan fingerprint density at radius 2 is 1.56 bits per heavy atom. The Labute approximate surface area is 186 Å². The van der Waals surface area contributed by atoms with Crippen LogP contribution in [0.1, 0.15) is 41.3 Å². The number of hydrogen-bond donors (Lipinski definition) is 3. The lowest BCUT2D eigenvalue weighted by atomic mass is 10.1. The molecule has 0 radical (unpaired) electrons. The van der Waals surface area contributed by atoms with E-state index in [2.05, 4.69) is 0 Å². The van der Waals surface area contributed by atoms with E-state index in [0.29, 0.717) is 17.0 Å². The van der Waals surface area contributed by atoms with Gasteiger partial charge in [0.2, 0.25) is 0 Å². The Bertz CT molecular complexity index is 1010. The van der Waals surface area contributed by atoms with Crippen molar-refractivity contribution in [3.8, 4) is 11.5 Å². The van der Waals surface area contributed by atoms with Crippen molar-refractivity contribution >= 4 is 23.6 Å². The third-order valence-corrected chi connectivity index (χ3v) is 4.90. The average molecular weight is 438 g/mol. The normalized spacial score (nSPS) is 12.8. The Morgan fingerprint density at radius 3 is 2.19 bits per heavy atom. The van der Waals surface area contributed by atoms with Crippen LogP contribution in [0.5, 0.6) is 11.5 Å². The molecule has 1 aliphatic heterocycles. The van der Waals surface area contributed by atoms with Crippen molar-refractivity contribution in [3.63, 3.8) is 0 Å². The predicted molar refractivity (Wildman–Crippen MR) is 119 cm³/mol. The maximum Gasteiger partial charge on any atom is 0.338 e. The van der Waals surface area contributed by atoms with E-state index >= 15 is 0 Å². The van der Waals surface area contributed by atoms with Crippen LogP contribution in [0.15, 0.2) is 42.5 Å². The van der Waals surface area contributed by atoms with Crippen LogP contribution in [0.4, 0.5) is 0 Å². The smallest absolute Gasteiger partial charge is 0.338 e. The second kappa shape index (κ2) is 10.4. The maximum absolute atomic E-state index is 12.3. The minimum absolute atomic E-state index is 0.0129. The van der Waals surface area contributed by atoms with Gasteiger partial charge in [-0.1, -0.05) is 12.1 Å². The molecule has 0 atom stereocenters. The van der Waals surface area contributed by atoms with Crippen molar-refractivity contribution in [3.05, 3.63) is 59.2 Å². The van der Waals surface area contributed by atoms with E-state index in [1.54, 1.807) is 30.3 Å². The molecule has 0 bridgehead atoms. The zero-order valence-electron chi connectivity index (χ0n) is 17.8. The number of carbonyl (C=O) groups is 2. The quantitative estimate of drug-likeness (QED) is 0.189. The number of likely N-dealkylation sites (tertiary alicyclic amines) is 1. The van der Waals surface area contributed by atoms with Gasteiger partial charge in [-0.15, -0.1) is 0 Å². The molecule has 1 fully saturated rings. The average Bonchev–Trinajstić information content (AvgIpc) is 3.31. The highest BCUT2D eigenvalue weighted by molar-refractivity contribution is 5.98. The summed E-state index contributed by atoms with van der Waals surface area (Å²) >= 11 is 0. The van der Waals surface area contributed by atoms with Gasteiger partial charge >= 0.3 is 11.9 Å². The van der Waals surface area contributed by atoms with Crippen LogP contribution in [-0.2, 0) is 9.53 Å². The number of ether oxygens (including phenoxy) is 3. The van der Waals surface area contributed by atoms with E-state index in [1.807, 2.05) is 4.90 Å². The van der Waals surface area contributed by atoms with Crippen LogP contribution in [0.3, 0.4) is 0 Å². The fourth-order valence-corrected chi connectivity index (χ4v) is 3.28. The van der Waals surface area contributed by atoms with E-state index in [-0.39, 0.29) is 30.5 Å². The van der Waals surface area contributed by atoms with Crippen LogP contribution in [0, 0.1) is 10.8 Å². The molecule has 1 saturated heterocycles. The first-order valence-electron chi connectivity index (χ1n) is 10.3. The van der Waals surface area contributed by atoms with Crippen molar-refractivity contribution in [1.82, 2.24) is 4.90 Å². The summed E-state index contributed by atoms with van der Waals surface area (Å²) in [6, 6.07) is 11.3. The molecule has 0 spiro atoms. The Kier molecular flexibility index (Phi) is 7.43. The highest BCUT2D eigenvalue weighted by Crippen LogP contribution is 2.28. The molecule has 9 nitrogen and oxygen atoms in total. The minimum Gasteiger partial charge on any atom is -0.486 e. The standard InChI is InChI=1S/C23H26N4O5/c1-15(28)32-19-9-8-18(21(24)25)14-20(19)30-12-13-31-23(29)17-6-4-16(5-7-17)22(26)27-10-2-3-11-27/h4-9,14,26H,2-3,10-13H2,1H3,(H3,24,25). The fourth-order valence-electron chi connectivity index (χ4n) is 3.28. The molecule has 2 aromatic carbocycles. The Hall–Kier alpha value is -3.88. The lowest BCUT2D eigenvalue weighted by Crippen LogP contribution is -2.27. The minimum atomic E-state index is -0.516. The number of carbonyl (C=O) groups excluding carboxylic acids is 2. The number of nitrogens with one attached hydrogen (secondary N) is 2. The lowest BCUT2D eigenvalue weighted by Gasteiger charge is -2.18. The topological polar surface area (TPSA) is 139 Å². The van der Waals surface area contributed by atoms with Gasteiger partial charge < -0.3 is 24.8 Å². The molecule has 168 valence electrons. The fraction of sp³-hybridized carbons (Fsp3) is 0.304. The molecule has 0 unspecified atom stereocenters. The number of nitrogen functional groups attached to an aromatic ring is 1. The SMILES string of the molecule is CC(=O)Oc1ccc(C(=N)N)cc1OCCOC(=O)c1ccc(C(=N)N2CCCC2)cc1. The third kappa shape index (κ3) is 5.84. The van der Waals surface area contributed by atoms with E-state index in [4.69, 9.17) is 30.8 Å². The van der Waals surface area contributed by atoms with Crippen LogP contribution in [-0.4, -0.2) is 54.8 Å². The molecule has 0 amide bonds. The number of nitrogens with zero attached hydrogens (tertiary/aromatic N) is 1. The van der Waals surface area contributed by atoms with Crippen LogP contribution >= 0.6 is 0 Å². The van der Waals surface area contributed by atoms with Gasteiger partial charge in [0.1, 0.15) is 24.9 Å². The first-order chi connectivity index (χ1) is 15.3. The first kappa shape index (κ1) is 22.8.